The molecule has 7 nitrogen and oxygen atoms in total. The van der Waals surface area contributed by atoms with Crippen molar-refractivity contribution < 1.29 is 13.2 Å². The molecular formula is C20H32N4O3S. The fourth-order valence-corrected chi connectivity index (χ4v) is 6.00. The zero-order valence-electron chi connectivity index (χ0n) is 17.0. The molecule has 3 rings (SSSR count). The number of piperidine rings is 1. The SMILES string of the molecule is CN=C(NCC1CCCN(C)C1c1ccc(OC)cc1)NC1CCS(=O)(=O)C1. The molecule has 28 heavy (non-hydrogen) atoms. The third-order valence-electron chi connectivity index (χ3n) is 5.79. The largest absolute Gasteiger partial charge is 0.497 e. The summed E-state index contributed by atoms with van der Waals surface area (Å²) in [6.07, 6.45) is 2.95. The maximum absolute atomic E-state index is 11.7. The highest BCUT2D eigenvalue weighted by Crippen LogP contribution is 2.35. The molecule has 2 heterocycles. The smallest absolute Gasteiger partial charge is 0.191 e. The van der Waals surface area contributed by atoms with Crippen molar-refractivity contribution in [2.75, 3.05) is 45.8 Å². The molecule has 2 aliphatic rings. The molecule has 0 amide bonds. The van der Waals surface area contributed by atoms with Crippen LogP contribution < -0.4 is 15.4 Å². The Kier molecular flexibility index (Phi) is 6.82. The molecule has 3 atom stereocenters. The van der Waals surface area contributed by atoms with Crippen molar-refractivity contribution in [1.82, 2.24) is 15.5 Å². The van der Waals surface area contributed by atoms with Crippen LogP contribution in [0.5, 0.6) is 5.75 Å². The first-order valence-electron chi connectivity index (χ1n) is 9.93. The van der Waals surface area contributed by atoms with Crippen molar-refractivity contribution in [3.63, 3.8) is 0 Å². The van der Waals surface area contributed by atoms with Gasteiger partial charge in [-0.25, -0.2) is 8.42 Å². The zero-order valence-corrected chi connectivity index (χ0v) is 17.8. The third kappa shape index (κ3) is 5.17. The van der Waals surface area contributed by atoms with Gasteiger partial charge in [0.2, 0.25) is 0 Å². The number of methoxy groups -OCH3 is 1. The minimum Gasteiger partial charge on any atom is -0.497 e. The fourth-order valence-electron chi connectivity index (χ4n) is 4.33. The van der Waals surface area contributed by atoms with Gasteiger partial charge in [0.25, 0.3) is 0 Å². The van der Waals surface area contributed by atoms with Crippen molar-refractivity contribution in [1.29, 1.82) is 0 Å². The van der Waals surface area contributed by atoms with Gasteiger partial charge in [0.05, 0.1) is 18.6 Å². The first-order valence-corrected chi connectivity index (χ1v) is 11.8. The highest BCUT2D eigenvalue weighted by molar-refractivity contribution is 7.91. The number of benzene rings is 1. The van der Waals surface area contributed by atoms with Crippen LogP contribution in [-0.2, 0) is 9.84 Å². The molecule has 8 heteroatoms. The minimum atomic E-state index is -2.90. The van der Waals surface area contributed by atoms with Gasteiger partial charge in [-0.05, 0) is 56.5 Å². The molecule has 0 aromatic heterocycles. The lowest BCUT2D eigenvalue weighted by Gasteiger charge is -2.40. The predicted molar refractivity (Wildman–Crippen MR) is 113 cm³/mol. The number of aliphatic imine (C=N–C) groups is 1. The molecule has 0 aliphatic carbocycles. The Morgan fingerprint density at radius 2 is 2.04 bits per heavy atom. The van der Waals surface area contributed by atoms with E-state index in [0.29, 0.717) is 24.3 Å². The Balaban J connectivity index is 1.63. The van der Waals surface area contributed by atoms with Crippen molar-refractivity contribution in [3.8, 4) is 5.75 Å². The molecule has 0 saturated carbocycles. The summed E-state index contributed by atoms with van der Waals surface area (Å²) in [5, 5.41) is 6.70. The number of sulfone groups is 1. The maximum atomic E-state index is 11.7. The number of hydrogen-bond donors (Lipinski definition) is 2. The van der Waals surface area contributed by atoms with Gasteiger partial charge in [-0.15, -0.1) is 0 Å². The minimum absolute atomic E-state index is 0.0531. The predicted octanol–water partition coefficient (Wildman–Crippen LogP) is 1.43. The summed E-state index contributed by atoms with van der Waals surface area (Å²) in [5.41, 5.74) is 1.29. The van der Waals surface area contributed by atoms with Gasteiger partial charge in [-0.3, -0.25) is 9.89 Å². The second-order valence-corrected chi connectivity index (χ2v) is 10.0. The number of likely N-dealkylation sites (tertiary alicyclic amines) is 1. The van der Waals surface area contributed by atoms with Gasteiger partial charge >= 0.3 is 0 Å². The highest BCUT2D eigenvalue weighted by Gasteiger charge is 2.31. The van der Waals surface area contributed by atoms with Crippen LogP contribution in [-0.4, -0.2) is 71.1 Å². The van der Waals surface area contributed by atoms with Crippen molar-refractivity contribution in [3.05, 3.63) is 29.8 Å². The number of rotatable bonds is 5. The van der Waals surface area contributed by atoms with E-state index in [2.05, 4.69) is 39.7 Å². The first-order chi connectivity index (χ1) is 13.4. The van der Waals surface area contributed by atoms with Crippen LogP contribution in [0.15, 0.2) is 29.3 Å². The summed E-state index contributed by atoms with van der Waals surface area (Å²) < 4.78 is 28.7. The Morgan fingerprint density at radius 3 is 2.64 bits per heavy atom. The molecule has 2 aliphatic heterocycles. The molecule has 1 aromatic carbocycles. The van der Waals surface area contributed by atoms with Crippen LogP contribution in [0.3, 0.4) is 0 Å². The summed E-state index contributed by atoms with van der Waals surface area (Å²) in [7, 11) is 2.69. The second kappa shape index (κ2) is 9.13. The van der Waals surface area contributed by atoms with Gasteiger partial charge in [-0.2, -0.15) is 0 Å². The Morgan fingerprint density at radius 1 is 1.29 bits per heavy atom. The summed E-state index contributed by atoms with van der Waals surface area (Å²) in [6.45, 7) is 1.88. The quantitative estimate of drug-likeness (QED) is 0.567. The van der Waals surface area contributed by atoms with Crippen LogP contribution in [0.25, 0.3) is 0 Å². The number of nitrogens with zero attached hydrogens (tertiary/aromatic N) is 2. The average Bonchev–Trinajstić information content (AvgIpc) is 3.03. The topological polar surface area (TPSA) is 83.0 Å². The first kappa shape index (κ1) is 20.9. The molecular weight excluding hydrogens is 376 g/mol. The number of ether oxygens (including phenoxy) is 1. The third-order valence-corrected chi connectivity index (χ3v) is 7.56. The average molecular weight is 409 g/mol. The molecule has 1 aromatic rings. The van der Waals surface area contributed by atoms with E-state index >= 15 is 0 Å². The number of guanidine groups is 1. The molecule has 0 bridgehead atoms. The van der Waals surface area contributed by atoms with Gasteiger partial charge < -0.3 is 15.4 Å². The lowest BCUT2D eigenvalue weighted by atomic mass is 9.85. The van der Waals surface area contributed by atoms with Crippen LogP contribution in [0, 0.1) is 5.92 Å². The summed E-state index contributed by atoms with van der Waals surface area (Å²) in [5.74, 6) is 2.44. The van der Waals surface area contributed by atoms with E-state index in [1.165, 1.54) is 12.0 Å². The van der Waals surface area contributed by atoms with E-state index in [-0.39, 0.29) is 17.5 Å². The Bertz CT molecular complexity index is 779. The number of nitrogens with one attached hydrogen (secondary N) is 2. The molecule has 0 spiro atoms. The van der Waals surface area contributed by atoms with Crippen LogP contribution in [0.4, 0.5) is 0 Å². The van der Waals surface area contributed by atoms with Gasteiger partial charge in [0.1, 0.15) is 5.75 Å². The van der Waals surface area contributed by atoms with E-state index < -0.39 is 9.84 Å². The standard InChI is InChI=1S/C20H32N4O3S/c1-21-20(23-17-10-12-28(25,26)14-17)22-13-16-5-4-11-24(2)19(16)15-6-8-18(27-3)9-7-15/h6-9,16-17,19H,4-5,10-14H2,1-3H3,(H2,21,22,23). The van der Waals surface area contributed by atoms with E-state index in [0.717, 1.165) is 25.3 Å². The summed E-state index contributed by atoms with van der Waals surface area (Å²) in [4.78, 5) is 6.71. The van der Waals surface area contributed by atoms with Crippen molar-refractivity contribution >= 4 is 15.8 Å². The summed E-state index contributed by atoms with van der Waals surface area (Å²) in [6, 6.07) is 8.61. The fraction of sp³-hybridized carbons (Fsp3) is 0.650. The monoisotopic (exact) mass is 408 g/mol. The second-order valence-electron chi connectivity index (χ2n) is 7.80. The Labute approximate surface area is 168 Å². The van der Waals surface area contributed by atoms with Crippen molar-refractivity contribution in [2.45, 2.75) is 31.3 Å². The van der Waals surface area contributed by atoms with Crippen LogP contribution >= 0.6 is 0 Å². The lowest BCUT2D eigenvalue weighted by Crippen LogP contribution is -2.47. The normalized spacial score (nSPS) is 28.1. The van der Waals surface area contributed by atoms with E-state index in [9.17, 15) is 8.42 Å². The van der Waals surface area contributed by atoms with Gasteiger partial charge in [0.15, 0.2) is 15.8 Å². The van der Waals surface area contributed by atoms with Gasteiger partial charge in [-0.1, -0.05) is 12.1 Å². The van der Waals surface area contributed by atoms with E-state index in [1.54, 1.807) is 14.2 Å². The van der Waals surface area contributed by atoms with E-state index in [1.807, 2.05) is 12.1 Å². The molecule has 2 N–H and O–H groups in total. The number of hydrogen-bond acceptors (Lipinski definition) is 5. The summed E-state index contributed by atoms with van der Waals surface area (Å²) >= 11 is 0. The van der Waals surface area contributed by atoms with E-state index in [4.69, 9.17) is 4.74 Å². The molecule has 2 saturated heterocycles. The maximum Gasteiger partial charge on any atom is 0.191 e. The lowest BCUT2D eigenvalue weighted by molar-refractivity contribution is 0.122. The zero-order chi connectivity index (χ0) is 20.1. The highest BCUT2D eigenvalue weighted by atomic mass is 32.2. The Hall–Kier alpha value is -1.80. The van der Waals surface area contributed by atoms with Crippen LogP contribution in [0.2, 0.25) is 0 Å². The molecule has 156 valence electrons. The van der Waals surface area contributed by atoms with Crippen molar-refractivity contribution in [2.24, 2.45) is 10.9 Å². The van der Waals surface area contributed by atoms with Crippen LogP contribution in [0.1, 0.15) is 30.9 Å². The molecule has 2 fully saturated rings. The van der Waals surface area contributed by atoms with Gasteiger partial charge in [0, 0.05) is 25.7 Å². The molecule has 0 radical (unpaired) electrons. The molecule has 3 unspecified atom stereocenters.